The number of hydrogen-bond acceptors (Lipinski definition) is 20. The van der Waals surface area contributed by atoms with Gasteiger partial charge in [-0.2, -0.15) is 0 Å². The van der Waals surface area contributed by atoms with Crippen molar-refractivity contribution in [3.05, 3.63) is 36.5 Å². The lowest BCUT2D eigenvalue weighted by Crippen LogP contribution is -2.70. The van der Waals surface area contributed by atoms with Gasteiger partial charge in [-0.3, -0.25) is 9.59 Å². The highest BCUT2D eigenvalue weighted by atomic mass is 16.8. The Bertz CT molecular complexity index is 2290. The fourth-order valence-corrected chi connectivity index (χ4v) is 15.0. The Labute approximate surface area is 650 Å². The van der Waals surface area contributed by atoms with Crippen molar-refractivity contribution in [1.29, 1.82) is 0 Å². The van der Waals surface area contributed by atoms with Crippen LogP contribution in [0, 0.1) is 0 Å². The number of nitrogens with one attached hydrogen (secondary N) is 2. The van der Waals surface area contributed by atoms with E-state index in [1.807, 2.05) is 6.08 Å². The predicted octanol–water partition coefficient (Wildman–Crippen LogP) is 12.9. The number of unbranched alkanes of at least 4 members (excludes halogenated alkanes) is 45. The molecule has 3 aliphatic rings. The molecule has 3 fully saturated rings. The fourth-order valence-electron chi connectivity index (χ4n) is 15.0. The Hall–Kier alpha value is -3.05. The van der Waals surface area contributed by atoms with E-state index in [1.165, 1.54) is 250 Å². The zero-order chi connectivity index (χ0) is 78.8. The molecule has 14 N–H and O–H groups in total. The number of aliphatic carboxylic acids is 1. The first-order valence-corrected chi connectivity index (χ1v) is 43.4. The van der Waals surface area contributed by atoms with Gasteiger partial charge in [-0.15, -0.1) is 0 Å². The van der Waals surface area contributed by atoms with Crippen LogP contribution in [0.25, 0.3) is 0 Å². The van der Waals surface area contributed by atoms with Crippen molar-refractivity contribution in [3.8, 4) is 0 Å². The summed E-state index contributed by atoms with van der Waals surface area (Å²) in [5.74, 6) is -6.14. The molecule has 18 atom stereocenters. The molecule has 23 heteroatoms. The van der Waals surface area contributed by atoms with E-state index >= 15 is 0 Å². The van der Waals surface area contributed by atoms with Crippen molar-refractivity contribution in [2.75, 3.05) is 26.4 Å². The van der Waals surface area contributed by atoms with Gasteiger partial charge in [-0.1, -0.05) is 314 Å². The lowest BCUT2D eigenvalue weighted by atomic mass is 9.88. The minimum Gasteiger partial charge on any atom is -0.477 e. The molecule has 0 aliphatic carbocycles. The molecule has 632 valence electrons. The zero-order valence-corrected chi connectivity index (χ0v) is 67.2. The Balaban J connectivity index is 1.48. The Morgan fingerprint density at radius 2 is 0.898 bits per heavy atom. The normalized spacial score (nSPS) is 26.0. The highest BCUT2D eigenvalue weighted by Gasteiger charge is 2.60. The Morgan fingerprint density at radius 3 is 1.31 bits per heavy atom. The van der Waals surface area contributed by atoms with E-state index < -0.39 is 155 Å². The molecule has 3 aliphatic heterocycles. The summed E-state index contributed by atoms with van der Waals surface area (Å²) in [6.07, 6.45) is 44.7. The van der Waals surface area contributed by atoms with Gasteiger partial charge in [0, 0.05) is 19.8 Å². The van der Waals surface area contributed by atoms with Crippen molar-refractivity contribution in [2.24, 2.45) is 0 Å². The highest BCUT2D eigenvalue weighted by Crippen LogP contribution is 2.39. The molecule has 3 heterocycles. The van der Waals surface area contributed by atoms with E-state index in [-0.39, 0.29) is 12.3 Å². The molecule has 0 aromatic carbocycles. The van der Waals surface area contributed by atoms with Crippen LogP contribution < -0.4 is 10.6 Å². The minimum atomic E-state index is -3.08. The number of hydrogen-bond donors (Lipinski definition) is 14. The third-order valence-corrected chi connectivity index (χ3v) is 21.8. The molecule has 108 heavy (non-hydrogen) atoms. The first-order chi connectivity index (χ1) is 52.4. The smallest absolute Gasteiger partial charge is 0.364 e. The molecule has 0 radical (unpaired) electrons. The van der Waals surface area contributed by atoms with Crippen LogP contribution in [0.4, 0.5) is 0 Å². The molecule has 0 bridgehead atoms. The van der Waals surface area contributed by atoms with Crippen LogP contribution in [0.15, 0.2) is 36.5 Å². The zero-order valence-electron chi connectivity index (χ0n) is 67.2. The maximum atomic E-state index is 13.6. The average Bonchev–Trinajstić information content (AvgIpc) is 0.755. The fraction of sp³-hybridized carbons (Fsp3) is 0.894. The molecule has 0 spiro atoms. The van der Waals surface area contributed by atoms with E-state index in [1.54, 1.807) is 6.08 Å². The highest BCUT2D eigenvalue weighted by molar-refractivity contribution is 5.77. The van der Waals surface area contributed by atoms with Crippen LogP contribution in [0.5, 0.6) is 0 Å². The van der Waals surface area contributed by atoms with Crippen LogP contribution in [0.1, 0.15) is 348 Å². The average molecular weight is 1540 g/mol. The van der Waals surface area contributed by atoms with Gasteiger partial charge in [-0.25, -0.2) is 4.79 Å². The number of carbonyl (C=O) groups excluding carboxylic acids is 2. The summed E-state index contributed by atoms with van der Waals surface area (Å²) < 4.78 is 35.0. The maximum Gasteiger partial charge on any atom is 0.364 e. The van der Waals surface area contributed by atoms with E-state index in [0.717, 1.165) is 58.3 Å². The summed E-state index contributed by atoms with van der Waals surface area (Å²) in [5.41, 5.74) is 0. The molecule has 0 aromatic rings. The SMILES string of the molecule is CCCCCCCCCCC/C=C\C/C=C\CCCCCCCCCCCCCCCCCC(=O)NC(COC1OC(CO)C(OC2OC(CO)C(O)C(OC3(C(=O)O)CC(O)C(NC(C)=O)C(C(O)C(O)CO)O3)C2O)C(O)C1O)C(O)/C=C/CCCCCCCCCCCCCCCCCCCCCCC. The first kappa shape index (κ1) is 99.1. The molecule has 18 unspecified atom stereocenters. The van der Waals surface area contributed by atoms with Crippen LogP contribution in [0.3, 0.4) is 0 Å². The molecule has 2 amide bonds. The number of ether oxygens (including phenoxy) is 6. The van der Waals surface area contributed by atoms with Crippen molar-refractivity contribution in [2.45, 2.75) is 458 Å². The summed E-state index contributed by atoms with van der Waals surface area (Å²) in [7, 11) is 0. The van der Waals surface area contributed by atoms with Crippen molar-refractivity contribution < 1.29 is 104 Å². The van der Waals surface area contributed by atoms with Gasteiger partial charge in [0.05, 0.1) is 50.7 Å². The largest absolute Gasteiger partial charge is 0.477 e. The second kappa shape index (κ2) is 63.3. The maximum absolute atomic E-state index is 13.6. The molecule has 23 nitrogen and oxygen atoms in total. The Kier molecular flexibility index (Phi) is 58.1. The lowest BCUT2D eigenvalue weighted by molar-refractivity contribution is -0.386. The van der Waals surface area contributed by atoms with Crippen molar-refractivity contribution in [3.63, 3.8) is 0 Å². The van der Waals surface area contributed by atoms with Crippen molar-refractivity contribution >= 4 is 17.8 Å². The van der Waals surface area contributed by atoms with Crippen LogP contribution in [-0.2, 0) is 42.8 Å². The van der Waals surface area contributed by atoms with Crippen LogP contribution >= 0.6 is 0 Å². The van der Waals surface area contributed by atoms with Gasteiger partial charge in [0.1, 0.15) is 67.1 Å². The molecule has 3 rings (SSSR count). The molecular weight excluding hydrogens is 1380 g/mol. The summed E-state index contributed by atoms with van der Waals surface area (Å²) in [4.78, 5) is 38.8. The van der Waals surface area contributed by atoms with E-state index in [2.05, 4.69) is 48.8 Å². The summed E-state index contributed by atoms with van der Waals surface area (Å²) >= 11 is 0. The summed E-state index contributed by atoms with van der Waals surface area (Å²) in [5, 5.41) is 137. The monoisotopic (exact) mass is 1540 g/mol. The number of amides is 2. The van der Waals surface area contributed by atoms with E-state index in [4.69, 9.17) is 28.4 Å². The minimum absolute atomic E-state index is 0.201. The number of carboxylic acids is 1. The van der Waals surface area contributed by atoms with Crippen molar-refractivity contribution in [1.82, 2.24) is 10.6 Å². The second-order valence-corrected chi connectivity index (χ2v) is 31.4. The number of carbonyl (C=O) groups is 3. The molecule has 0 aromatic heterocycles. The third kappa shape index (κ3) is 42.4. The second-order valence-electron chi connectivity index (χ2n) is 31.4. The van der Waals surface area contributed by atoms with Crippen LogP contribution in [0.2, 0.25) is 0 Å². The first-order valence-electron chi connectivity index (χ1n) is 43.4. The van der Waals surface area contributed by atoms with Gasteiger partial charge in [0.15, 0.2) is 12.6 Å². The van der Waals surface area contributed by atoms with E-state index in [0.29, 0.717) is 12.8 Å². The number of aliphatic hydroxyl groups is 11. The number of carboxylic acid groups (broad SMARTS) is 1. The standard InChI is InChI=1S/C85H156N2O21/c1-4-6-8-10-12-14-16-18-20-22-24-26-28-29-30-31-32-33-34-35-37-39-41-43-45-47-49-51-53-55-57-59-72(95)87-66(67(92)58-56-54-52-50-48-46-44-42-40-38-36-27-25-23-21-19-17-15-13-11-9-7-5-2)64-103-82-77(99)76(98)79(71(63-90)105-82)106-83-78(100)81(75(97)70(62-89)104-83)108-85(84(101)102)60-68(93)73(86-65(3)91)80(107-85)74(96)69(94)61-88/h24,26,29-30,56,58,66-71,73-83,88-90,92-94,96-100H,4-23,25,27-28,31-55,57,59-64H2,1-3H3,(H,86,91)(H,87,95)(H,101,102)/b26-24-,30-29-,58-56+. The summed E-state index contributed by atoms with van der Waals surface area (Å²) in [6, 6.07) is -2.62. The summed E-state index contributed by atoms with van der Waals surface area (Å²) in [6.45, 7) is 2.20. The lowest BCUT2D eigenvalue weighted by Gasteiger charge is -2.50. The number of aliphatic hydroxyl groups excluding tert-OH is 11. The third-order valence-electron chi connectivity index (χ3n) is 21.8. The molecule has 3 saturated heterocycles. The van der Waals surface area contributed by atoms with Gasteiger partial charge in [0.2, 0.25) is 11.8 Å². The van der Waals surface area contributed by atoms with Gasteiger partial charge in [0.25, 0.3) is 5.79 Å². The molecular formula is C85H156N2O21. The number of allylic oxidation sites excluding steroid dienone is 5. The Morgan fingerprint density at radius 1 is 0.491 bits per heavy atom. The van der Waals surface area contributed by atoms with Crippen LogP contribution in [-0.4, -0.2) is 215 Å². The van der Waals surface area contributed by atoms with E-state index in [9.17, 15) is 75.7 Å². The predicted molar refractivity (Wildman–Crippen MR) is 421 cm³/mol. The van der Waals surface area contributed by atoms with Gasteiger partial charge >= 0.3 is 5.97 Å². The topological polar surface area (TPSA) is 373 Å². The number of rotatable bonds is 69. The quantitative estimate of drug-likeness (QED) is 0.0199. The van der Waals surface area contributed by atoms with Gasteiger partial charge in [-0.05, 0) is 51.4 Å². The molecule has 0 saturated carbocycles. The van der Waals surface area contributed by atoms with Gasteiger partial charge < -0.3 is 100 Å².